The molecule has 0 bridgehead atoms. The molecule has 9 nitrogen and oxygen atoms in total. The van der Waals surface area contributed by atoms with Crippen LogP contribution >= 0.6 is 11.6 Å². The standard InChI is InChI=1S/C21H23ClN4O5/c22-14-7-15-20(25-21(23-15)31-17-10-30-16(9-27)19(17)29)24-18(14)11-1-3-12(4-2-11)26-6-5-13(28)8-26/h1-4,7,13,16-17,19,27-29H,5-6,8-10H2,(H,23,24,25)/t13-,16-,17-,19+/m1/s1. The number of halogens is 1. The summed E-state index contributed by atoms with van der Waals surface area (Å²) < 4.78 is 11.0. The van der Waals surface area contributed by atoms with E-state index in [4.69, 9.17) is 21.1 Å². The van der Waals surface area contributed by atoms with Gasteiger partial charge in [0.1, 0.15) is 12.2 Å². The highest BCUT2D eigenvalue weighted by atomic mass is 35.5. The number of aromatic nitrogens is 3. The molecule has 0 radical (unpaired) electrons. The van der Waals surface area contributed by atoms with E-state index in [-0.39, 0.29) is 25.3 Å². The number of fused-ring (bicyclic) bond motifs is 1. The monoisotopic (exact) mass is 446 g/mol. The first-order valence-corrected chi connectivity index (χ1v) is 10.6. The van der Waals surface area contributed by atoms with Crippen LogP contribution in [0.5, 0.6) is 6.01 Å². The van der Waals surface area contributed by atoms with Gasteiger partial charge in [-0.2, -0.15) is 4.98 Å². The second-order valence-corrected chi connectivity index (χ2v) is 8.28. The lowest BCUT2D eigenvalue weighted by molar-refractivity contribution is -0.00390. The van der Waals surface area contributed by atoms with Crippen LogP contribution in [0.3, 0.4) is 0 Å². The first-order chi connectivity index (χ1) is 15.0. The molecule has 5 rings (SSSR count). The zero-order chi connectivity index (χ0) is 21.5. The molecule has 4 N–H and O–H groups in total. The Kier molecular flexibility index (Phi) is 5.45. The summed E-state index contributed by atoms with van der Waals surface area (Å²) in [5.74, 6) is 0. The first kappa shape index (κ1) is 20.5. The smallest absolute Gasteiger partial charge is 0.296 e. The number of rotatable bonds is 5. The Labute approximate surface area is 183 Å². The van der Waals surface area contributed by atoms with E-state index in [2.05, 4.69) is 19.9 Å². The number of nitrogens with one attached hydrogen (secondary N) is 1. The second-order valence-electron chi connectivity index (χ2n) is 7.87. The van der Waals surface area contributed by atoms with Crippen molar-refractivity contribution in [2.24, 2.45) is 0 Å². The molecule has 4 atom stereocenters. The van der Waals surface area contributed by atoms with Crippen molar-refractivity contribution in [2.75, 3.05) is 31.2 Å². The van der Waals surface area contributed by atoms with Gasteiger partial charge in [0, 0.05) is 24.3 Å². The average Bonchev–Trinajstić information content (AvgIpc) is 3.46. The normalized spacial score (nSPS) is 26.1. The summed E-state index contributed by atoms with van der Waals surface area (Å²) >= 11 is 6.48. The van der Waals surface area contributed by atoms with Gasteiger partial charge in [0.25, 0.3) is 6.01 Å². The first-order valence-electron chi connectivity index (χ1n) is 10.2. The summed E-state index contributed by atoms with van der Waals surface area (Å²) in [5, 5.41) is 29.5. The Balaban J connectivity index is 1.37. The van der Waals surface area contributed by atoms with Crippen LogP contribution in [0.15, 0.2) is 30.3 Å². The number of β-amino-alcohol motifs (C(OH)–C–C–N with tert-alkyl or cyclic N) is 1. The zero-order valence-electron chi connectivity index (χ0n) is 16.6. The number of benzene rings is 1. The third kappa shape index (κ3) is 3.95. The number of H-pyrrole nitrogens is 1. The van der Waals surface area contributed by atoms with E-state index >= 15 is 0 Å². The molecule has 3 aromatic rings. The van der Waals surface area contributed by atoms with Crippen LogP contribution in [0.25, 0.3) is 22.4 Å². The molecule has 0 saturated carbocycles. The Hall–Kier alpha value is -2.43. The van der Waals surface area contributed by atoms with Gasteiger partial charge in [-0.3, -0.25) is 0 Å². The van der Waals surface area contributed by atoms with Crippen LogP contribution in [0.1, 0.15) is 6.42 Å². The van der Waals surface area contributed by atoms with E-state index in [0.29, 0.717) is 28.4 Å². The maximum atomic E-state index is 10.1. The predicted molar refractivity (Wildman–Crippen MR) is 114 cm³/mol. The van der Waals surface area contributed by atoms with Crippen molar-refractivity contribution < 1.29 is 24.8 Å². The van der Waals surface area contributed by atoms with E-state index < -0.39 is 18.3 Å². The molecular weight excluding hydrogens is 424 g/mol. The van der Waals surface area contributed by atoms with Crippen molar-refractivity contribution >= 4 is 28.5 Å². The molecule has 0 unspecified atom stereocenters. The minimum atomic E-state index is -0.944. The van der Waals surface area contributed by atoms with Gasteiger partial charge in [0.2, 0.25) is 0 Å². The molecule has 1 aromatic carbocycles. The lowest BCUT2D eigenvalue weighted by Gasteiger charge is -2.18. The Morgan fingerprint density at radius 3 is 2.71 bits per heavy atom. The molecule has 31 heavy (non-hydrogen) atoms. The quantitative estimate of drug-likeness (QED) is 0.463. The maximum absolute atomic E-state index is 10.1. The van der Waals surface area contributed by atoms with Gasteiger partial charge in [-0.25, -0.2) is 4.98 Å². The number of ether oxygens (including phenoxy) is 2. The molecule has 2 aromatic heterocycles. The van der Waals surface area contributed by atoms with Gasteiger partial charge >= 0.3 is 0 Å². The fraction of sp³-hybridized carbons (Fsp3) is 0.429. The molecule has 164 valence electrons. The molecule has 4 heterocycles. The number of aliphatic hydroxyl groups is 3. The topological polar surface area (TPSA) is 124 Å². The predicted octanol–water partition coefficient (Wildman–Crippen LogP) is 1.35. The molecule has 2 aliphatic rings. The van der Waals surface area contributed by atoms with E-state index in [1.807, 2.05) is 24.3 Å². The van der Waals surface area contributed by atoms with Crippen LogP contribution in [0, 0.1) is 0 Å². The number of hydrogen-bond acceptors (Lipinski definition) is 8. The molecule has 0 aliphatic carbocycles. The fourth-order valence-electron chi connectivity index (χ4n) is 4.02. The summed E-state index contributed by atoms with van der Waals surface area (Å²) in [6.45, 7) is 1.35. The lowest BCUT2D eigenvalue weighted by Crippen LogP contribution is -2.36. The number of nitrogens with zero attached hydrogens (tertiary/aromatic N) is 3. The highest BCUT2D eigenvalue weighted by Gasteiger charge is 2.37. The largest absolute Gasteiger partial charge is 0.456 e. The lowest BCUT2D eigenvalue weighted by atomic mass is 10.1. The number of imidazole rings is 1. The Morgan fingerprint density at radius 2 is 2.03 bits per heavy atom. The highest BCUT2D eigenvalue weighted by molar-refractivity contribution is 6.33. The summed E-state index contributed by atoms with van der Waals surface area (Å²) in [5.41, 5.74) is 3.55. The number of aliphatic hydroxyl groups excluding tert-OH is 3. The summed E-state index contributed by atoms with van der Waals surface area (Å²) in [6.07, 6.45) is -1.74. The van der Waals surface area contributed by atoms with E-state index in [0.717, 1.165) is 24.2 Å². The van der Waals surface area contributed by atoms with Crippen LogP contribution in [-0.2, 0) is 4.74 Å². The Bertz CT molecular complexity index is 1080. The molecule has 0 amide bonds. The van der Waals surface area contributed by atoms with Crippen LogP contribution in [-0.4, -0.2) is 81.0 Å². The maximum Gasteiger partial charge on any atom is 0.296 e. The molecule has 0 spiro atoms. The summed E-state index contributed by atoms with van der Waals surface area (Å²) in [6, 6.07) is 9.82. The van der Waals surface area contributed by atoms with Crippen molar-refractivity contribution in [2.45, 2.75) is 30.8 Å². The van der Waals surface area contributed by atoms with Gasteiger partial charge in [-0.1, -0.05) is 23.7 Å². The molecule has 2 saturated heterocycles. The van der Waals surface area contributed by atoms with Crippen LogP contribution < -0.4 is 9.64 Å². The third-order valence-corrected chi connectivity index (χ3v) is 6.04. The summed E-state index contributed by atoms with van der Waals surface area (Å²) in [7, 11) is 0. The van der Waals surface area contributed by atoms with E-state index in [9.17, 15) is 15.3 Å². The number of aromatic amines is 1. The van der Waals surface area contributed by atoms with Crippen molar-refractivity contribution in [3.8, 4) is 17.3 Å². The van der Waals surface area contributed by atoms with Crippen molar-refractivity contribution in [1.82, 2.24) is 15.0 Å². The fourth-order valence-corrected chi connectivity index (χ4v) is 4.28. The minimum Gasteiger partial charge on any atom is -0.456 e. The summed E-state index contributed by atoms with van der Waals surface area (Å²) in [4.78, 5) is 14.1. The van der Waals surface area contributed by atoms with Crippen molar-refractivity contribution in [1.29, 1.82) is 0 Å². The van der Waals surface area contributed by atoms with Crippen molar-refractivity contribution in [3.05, 3.63) is 35.4 Å². The van der Waals surface area contributed by atoms with Gasteiger partial charge in [-0.05, 0) is 24.6 Å². The molecule has 2 aliphatic heterocycles. The van der Waals surface area contributed by atoms with Crippen LogP contribution in [0.4, 0.5) is 5.69 Å². The molecule has 2 fully saturated rings. The molecule has 10 heteroatoms. The second kappa shape index (κ2) is 8.25. The average molecular weight is 447 g/mol. The molecular formula is C21H23ClN4O5. The third-order valence-electron chi connectivity index (χ3n) is 5.75. The van der Waals surface area contributed by atoms with Gasteiger partial charge in [0.15, 0.2) is 11.8 Å². The van der Waals surface area contributed by atoms with Gasteiger partial charge in [0.05, 0.1) is 35.6 Å². The SMILES string of the molecule is OC[C@H]1OC[C@@H](Oc2nc3nc(-c4ccc(N5CC[C@@H](O)C5)cc4)c(Cl)cc3[nH]2)[C@H]1O. The zero-order valence-corrected chi connectivity index (χ0v) is 17.4. The van der Waals surface area contributed by atoms with E-state index in [1.54, 1.807) is 6.07 Å². The van der Waals surface area contributed by atoms with Crippen LogP contribution in [0.2, 0.25) is 5.02 Å². The number of anilines is 1. The van der Waals surface area contributed by atoms with E-state index in [1.165, 1.54) is 0 Å². The Morgan fingerprint density at radius 1 is 1.23 bits per heavy atom. The minimum absolute atomic E-state index is 0.156. The van der Waals surface area contributed by atoms with Gasteiger partial charge in [-0.15, -0.1) is 0 Å². The number of pyridine rings is 1. The highest BCUT2D eigenvalue weighted by Crippen LogP contribution is 2.32. The van der Waals surface area contributed by atoms with Gasteiger partial charge < -0.3 is 34.7 Å². The number of hydrogen-bond donors (Lipinski definition) is 4. The van der Waals surface area contributed by atoms with Crippen molar-refractivity contribution in [3.63, 3.8) is 0 Å².